The SMILES string of the molecule is CCNC(=NCCc1nc2ccccc2[nH]1)NC1CCCCC1.I. The lowest BCUT2D eigenvalue weighted by Crippen LogP contribution is -2.44. The third kappa shape index (κ3) is 5.36. The molecule has 5 nitrogen and oxygen atoms in total. The van der Waals surface area contributed by atoms with Crippen LogP contribution in [0.2, 0.25) is 0 Å². The molecular weight excluding hydrogens is 413 g/mol. The van der Waals surface area contributed by atoms with E-state index in [1.807, 2.05) is 18.2 Å². The number of fused-ring (bicyclic) bond motifs is 1. The summed E-state index contributed by atoms with van der Waals surface area (Å²) >= 11 is 0. The smallest absolute Gasteiger partial charge is 0.191 e. The van der Waals surface area contributed by atoms with Gasteiger partial charge in [0.2, 0.25) is 0 Å². The molecule has 2 aromatic rings. The number of rotatable bonds is 5. The molecule has 132 valence electrons. The van der Waals surface area contributed by atoms with Gasteiger partial charge in [-0.1, -0.05) is 31.4 Å². The van der Waals surface area contributed by atoms with Crippen LogP contribution in [-0.4, -0.2) is 35.1 Å². The van der Waals surface area contributed by atoms with Gasteiger partial charge in [-0.2, -0.15) is 0 Å². The van der Waals surface area contributed by atoms with Gasteiger partial charge in [-0.05, 0) is 31.9 Å². The van der Waals surface area contributed by atoms with Crippen LogP contribution < -0.4 is 10.6 Å². The standard InChI is InChI=1S/C18H27N5.HI/c1-2-19-18(21-14-8-4-3-5-9-14)20-13-12-17-22-15-10-6-7-11-16(15)23-17;/h6-7,10-11,14H,2-5,8-9,12-13H2,1H3,(H,22,23)(H2,19,20,21);1H. The lowest BCUT2D eigenvalue weighted by Gasteiger charge is -2.24. The molecule has 0 unspecified atom stereocenters. The van der Waals surface area contributed by atoms with Crippen LogP contribution in [0, 0.1) is 0 Å². The lowest BCUT2D eigenvalue weighted by atomic mass is 9.96. The molecule has 0 spiro atoms. The van der Waals surface area contributed by atoms with E-state index < -0.39 is 0 Å². The van der Waals surface area contributed by atoms with Crippen molar-refractivity contribution >= 4 is 41.0 Å². The second kappa shape index (κ2) is 9.86. The van der Waals surface area contributed by atoms with Gasteiger partial charge in [-0.3, -0.25) is 4.99 Å². The van der Waals surface area contributed by atoms with E-state index in [0.717, 1.165) is 42.3 Å². The Labute approximate surface area is 161 Å². The number of aliphatic imine (C=N–C) groups is 1. The summed E-state index contributed by atoms with van der Waals surface area (Å²) in [6, 6.07) is 8.71. The Hall–Kier alpha value is -1.31. The van der Waals surface area contributed by atoms with Gasteiger partial charge in [0, 0.05) is 25.6 Å². The summed E-state index contributed by atoms with van der Waals surface area (Å²) in [5.74, 6) is 1.94. The predicted molar refractivity (Wildman–Crippen MR) is 111 cm³/mol. The van der Waals surface area contributed by atoms with Crippen LogP contribution in [0.4, 0.5) is 0 Å². The van der Waals surface area contributed by atoms with Crippen LogP contribution >= 0.6 is 24.0 Å². The summed E-state index contributed by atoms with van der Waals surface area (Å²) in [5.41, 5.74) is 2.12. The summed E-state index contributed by atoms with van der Waals surface area (Å²) in [7, 11) is 0. The number of halogens is 1. The number of H-pyrrole nitrogens is 1. The molecule has 0 amide bonds. The topological polar surface area (TPSA) is 65.1 Å². The van der Waals surface area contributed by atoms with Crippen molar-refractivity contribution in [2.24, 2.45) is 4.99 Å². The average Bonchev–Trinajstić information content (AvgIpc) is 2.98. The molecule has 1 aromatic heterocycles. The van der Waals surface area contributed by atoms with Crippen molar-refractivity contribution in [1.29, 1.82) is 0 Å². The first-order valence-electron chi connectivity index (χ1n) is 8.83. The van der Waals surface area contributed by atoms with E-state index in [1.54, 1.807) is 0 Å². The number of hydrogen-bond donors (Lipinski definition) is 3. The second-order valence-electron chi connectivity index (χ2n) is 6.19. The Balaban J connectivity index is 0.00000208. The van der Waals surface area contributed by atoms with Gasteiger partial charge in [0.1, 0.15) is 5.82 Å². The highest BCUT2D eigenvalue weighted by Crippen LogP contribution is 2.17. The Kier molecular flexibility index (Phi) is 7.81. The first-order valence-corrected chi connectivity index (χ1v) is 8.83. The van der Waals surface area contributed by atoms with Crippen LogP contribution in [0.25, 0.3) is 11.0 Å². The third-order valence-corrected chi connectivity index (χ3v) is 4.35. The van der Waals surface area contributed by atoms with Gasteiger partial charge in [0.25, 0.3) is 0 Å². The zero-order chi connectivity index (χ0) is 15.9. The van der Waals surface area contributed by atoms with Crippen LogP contribution in [0.3, 0.4) is 0 Å². The zero-order valence-corrected chi connectivity index (χ0v) is 16.7. The minimum absolute atomic E-state index is 0. The molecule has 0 bridgehead atoms. The molecule has 1 aliphatic rings. The number of guanidine groups is 1. The summed E-state index contributed by atoms with van der Waals surface area (Å²) in [4.78, 5) is 12.7. The number of nitrogens with one attached hydrogen (secondary N) is 3. The molecule has 0 saturated heterocycles. The number of aromatic nitrogens is 2. The number of benzene rings is 1. The van der Waals surface area contributed by atoms with E-state index in [4.69, 9.17) is 4.99 Å². The van der Waals surface area contributed by atoms with E-state index in [1.165, 1.54) is 32.1 Å². The number of imidazole rings is 1. The first-order chi connectivity index (χ1) is 11.3. The molecule has 0 atom stereocenters. The van der Waals surface area contributed by atoms with Crippen molar-refractivity contribution < 1.29 is 0 Å². The molecule has 1 aliphatic carbocycles. The Morgan fingerprint density at radius 2 is 2.04 bits per heavy atom. The fourth-order valence-corrected chi connectivity index (χ4v) is 3.16. The highest BCUT2D eigenvalue weighted by molar-refractivity contribution is 14.0. The summed E-state index contributed by atoms with van der Waals surface area (Å²) in [6.07, 6.45) is 7.38. The highest BCUT2D eigenvalue weighted by Gasteiger charge is 2.14. The number of para-hydroxylation sites is 2. The van der Waals surface area contributed by atoms with Crippen molar-refractivity contribution in [3.05, 3.63) is 30.1 Å². The van der Waals surface area contributed by atoms with Crippen molar-refractivity contribution in [2.45, 2.75) is 51.5 Å². The maximum Gasteiger partial charge on any atom is 0.191 e. The summed E-state index contributed by atoms with van der Waals surface area (Å²) in [5, 5.41) is 6.93. The first kappa shape index (κ1) is 19.0. The van der Waals surface area contributed by atoms with Crippen LogP contribution in [0.15, 0.2) is 29.3 Å². The van der Waals surface area contributed by atoms with Gasteiger partial charge >= 0.3 is 0 Å². The van der Waals surface area contributed by atoms with E-state index in [0.29, 0.717) is 6.04 Å². The van der Waals surface area contributed by atoms with Crippen molar-refractivity contribution in [1.82, 2.24) is 20.6 Å². The molecular formula is C18H28IN5. The normalized spacial score (nSPS) is 16.0. The number of aromatic amines is 1. The molecule has 1 fully saturated rings. The number of nitrogens with zero attached hydrogens (tertiary/aromatic N) is 2. The van der Waals surface area contributed by atoms with Gasteiger partial charge in [0.15, 0.2) is 5.96 Å². The van der Waals surface area contributed by atoms with Gasteiger partial charge < -0.3 is 15.6 Å². The van der Waals surface area contributed by atoms with Gasteiger partial charge in [-0.15, -0.1) is 24.0 Å². The monoisotopic (exact) mass is 441 g/mol. The Morgan fingerprint density at radius 3 is 2.79 bits per heavy atom. The van der Waals surface area contributed by atoms with Crippen molar-refractivity contribution in [2.75, 3.05) is 13.1 Å². The molecule has 0 radical (unpaired) electrons. The predicted octanol–water partition coefficient (Wildman–Crippen LogP) is 3.61. The molecule has 0 aliphatic heterocycles. The minimum Gasteiger partial charge on any atom is -0.357 e. The number of hydrogen-bond acceptors (Lipinski definition) is 2. The molecule has 24 heavy (non-hydrogen) atoms. The van der Waals surface area contributed by atoms with Crippen molar-refractivity contribution in [3.8, 4) is 0 Å². The highest BCUT2D eigenvalue weighted by atomic mass is 127. The minimum atomic E-state index is 0. The van der Waals surface area contributed by atoms with Crippen LogP contribution in [-0.2, 0) is 6.42 Å². The fraction of sp³-hybridized carbons (Fsp3) is 0.556. The maximum absolute atomic E-state index is 4.71. The molecule has 3 N–H and O–H groups in total. The van der Waals surface area contributed by atoms with E-state index >= 15 is 0 Å². The molecule has 1 heterocycles. The molecule has 1 saturated carbocycles. The zero-order valence-electron chi connectivity index (χ0n) is 14.3. The molecule has 3 rings (SSSR count). The third-order valence-electron chi connectivity index (χ3n) is 4.35. The van der Waals surface area contributed by atoms with Crippen LogP contribution in [0.5, 0.6) is 0 Å². The Bertz CT molecular complexity index is 613. The van der Waals surface area contributed by atoms with E-state index in [2.05, 4.69) is 33.6 Å². The maximum atomic E-state index is 4.71. The second-order valence-corrected chi connectivity index (χ2v) is 6.19. The summed E-state index contributed by atoms with van der Waals surface area (Å²) in [6.45, 7) is 3.74. The van der Waals surface area contributed by atoms with Gasteiger partial charge in [-0.25, -0.2) is 4.98 Å². The summed E-state index contributed by atoms with van der Waals surface area (Å²) < 4.78 is 0. The van der Waals surface area contributed by atoms with Gasteiger partial charge in [0.05, 0.1) is 11.0 Å². The largest absolute Gasteiger partial charge is 0.357 e. The van der Waals surface area contributed by atoms with Crippen molar-refractivity contribution in [3.63, 3.8) is 0 Å². The van der Waals surface area contributed by atoms with E-state index in [-0.39, 0.29) is 24.0 Å². The molecule has 1 aromatic carbocycles. The molecule has 6 heteroatoms. The average molecular weight is 441 g/mol. The quantitative estimate of drug-likeness (QED) is 0.378. The lowest BCUT2D eigenvalue weighted by molar-refractivity contribution is 0.410. The van der Waals surface area contributed by atoms with E-state index in [9.17, 15) is 0 Å². The van der Waals surface area contributed by atoms with Crippen LogP contribution in [0.1, 0.15) is 44.9 Å². The Morgan fingerprint density at radius 1 is 1.25 bits per heavy atom. The fourth-order valence-electron chi connectivity index (χ4n) is 3.16.